The van der Waals surface area contributed by atoms with Crippen LogP contribution in [0.2, 0.25) is 5.02 Å². The number of hydrogen-bond donors (Lipinski definition) is 2. The normalized spacial score (nSPS) is 24.6. The first-order valence-electron chi connectivity index (χ1n) is 9.35. The minimum absolute atomic E-state index is 0.00374. The highest BCUT2D eigenvalue weighted by atomic mass is 35.5. The molecule has 1 aliphatic carbocycles. The van der Waals surface area contributed by atoms with Gasteiger partial charge in [-0.25, -0.2) is 9.18 Å². The van der Waals surface area contributed by atoms with Crippen LogP contribution in [-0.4, -0.2) is 54.0 Å². The van der Waals surface area contributed by atoms with Crippen molar-refractivity contribution in [3.63, 3.8) is 0 Å². The smallest absolute Gasteiger partial charge is 0.341 e. The maximum Gasteiger partial charge on any atom is 0.341 e. The van der Waals surface area contributed by atoms with E-state index in [4.69, 9.17) is 16.3 Å². The number of aromatic carboxylic acids is 1. The number of morpholine rings is 1. The molecule has 2 atom stereocenters. The predicted octanol–water partition coefficient (Wildman–Crippen LogP) is 2.00. The van der Waals surface area contributed by atoms with Crippen molar-refractivity contribution in [3.8, 4) is 0 Å². The van der Waals surface area contributed by atoms with Crippen LogP contribution >= 0.6 is 11.6 Å². The van der Waals surface area contributed by atoms with Crippen LogP contribution in [-0.2, 0) is 4.74 Å². The van der Waals surface area contributed by atoms with E-state index in [0.29, 0.717) is 25.2 Å². The lowest BCUT2D eigenvalue weighted by atomic mass is 10.1. The molecule has 0 spiro atoms. The molecule has 0 bridgehead atoms. The maximum absolute atomic E-state index is 15.1. The molecule has 2 aromatic rings. The van der Waals surface area contributed by atoms with E-state index in [-0.39, 0.29) is 39.8 Å². The number of carboxylic acid groups (broad SMARTS) is 1. The summed E-state index contributed by atoms with van der Waals surface area (Å²) in [6, 6.07) is 1.29. The van der Waals surface area contributed by atoms with Gasteiger partial charge in [0.25, 0.3) is 0 Å². The molecular formula is C19H19ClFN3O4. The Morgan fingerprint density at radius 3 is 2.82 bits per heavy atom. The molecule has 0 radical (unpaired) electrons. The molecule has 1 saturated carbocycles. The molecule has 28 heavy (non-hydrogen) atoms. The van der Waals surface area contributed by atoms with Crippen LogP contribution in [0.5, 0.6) is 0 Å². The van der Waals surface area contributed by atoms with Crippen LogP contribution in [0.25, 0.3) is 10.9 Å². The second-order valence-electron chi connectivity index (χ2n) is 7.61. The van der Waals surface area contributed by atoms with Crippen molar-refractivity contribution in [2.24, 2.45) is 0 Å². The molecule has 2 aliphatic heterocycles. The minimum Gasteiger partial charge on any atom is -0.477 e. The third-order valence-electron chi connectivity index (χ3n) is 5.78. The van der Waals surface area contributed by atoms with E-state index in [1.165, 1.54) is 6.20 Å². The fourth-order valence-corrected chi connectivity index (χ4v) is 4.70. The summed E-state index contributed by atoms with van der Waals surface area (Å²) >= 11 is 6.66. The van der Waals surface area contributed by atoms with Crippen LogP contribution in [0.4, 0.5) is 10.1 Å². The van der Waals surface area contributed by atoms with Gasteiger partial charge < -0.3 is 24.6 Å². The molecule has 1 aromatic heterocycles. The van der Waals surface area contributed by atoms with E-state index in [9.17, 15) is 14.7 Å². The highest BCUT2D eigenvalue weighted by Gasteiger charge is 2.38. The molecule has 2 saturated heterocycles. The number of aromatic nitrogens is 1. The second-order valence-corrected chi connectivity index (χ2v) is 7.99. The lowest BCUT2D eigenvalue weighted by Crippen LogP contribution is -2.47. The predicted molar refractivity (Wildman–Crippen MR) is 102 cm³/mol. The number of ether oxygens (including phenoxy) is 1. The Balaban J connectivity index is 1.70. The van der Waals surface area contributed by atoms with Gasteiger partial charge in [-0.1, -0.05) is 11.6 Å². The van der Waals surface area contributed by atoms with Gasteiger partial charge >= 0.3 is 5.97 Å². The molecule has 2 N–H and O–H groups in total. The lowest BCUT2D eigenvalue weighted by molar-refractivity contribution is 0.0212. The Hall–Kier alpha value is -2.16. The number of nitrogens with one attached hydrogen (secondary N) is 1. The van der Waals surface area contributed by atoms with Gasteiger partial charge in [-0.15, -0.1) is 0 Å². The first kappa shape index (κ1) is 17.9. The van der Waals surface area contributed by atoms with Gasteiger partial charge in [-0.05, 0) is 18.9 Å². The van der Waals surface area contributed by atoms with Gasteiger partial charge in [0.1, 0.15) is 11.4 Å². The van der Waals surface area contributed by atoms with Crippen molar-refractivity contribution in [1.29, 1.82) is 0 Å². The fourth-order valence-electron chi connectivity index (χ4n) is 4.29. The molecule has 0 unspecified atom stereocenters. The van der Waals surface area contributed by atoms with E-state index in [1.807, 2.05) is 4.90 Å². The molecule has 1 aromatic carbocycles. The molecule has 3 heterocycles. The number of benzene rings is 1. The Morgan fingerprint density at radius 2 is 2.14 bits per heavy atom. The zero-order valence-electron chi connectivity index (χ0n) is 15.0. The minimum atomic E-state index is -1.33. The monoisotopic (exact) mass is 407 g/mol. The van der Waals surface area contributed by atoms with Crippen LogP contribution < -0.4 is 15.6 Å². The standard InChI is InChI=1S/C19H19ClFN3O4/c20-15-16-10(18(25)11(19(26)27)6-24(16)9-1-2-9)5-12(21)17(15)23-7-13-14(8-23)28-4-3-22-13/h5-6,9,13-14,22H,1-4,7-8H2,(H,26,27)/t13-,14-/m0/s1. The summed E-state index contributed by atoms with van der Waals surface area (Å²) in [5, 5.41) is 12.9. The average Bonchev–Trinajstić information content (AvgIpc) is 3.41. The summed E-state index contributed by atoms with van der Waals surface area (Å²) in [5.41, 5.74) is -0.440. The van der Waals surface area contributed by atoms with Gasteiger partial charge in [0, 0.05) is 31.9 Å². The van der Waals surface area contributed by atoms with E-state index in [0.717, 1.165) is 25.5 Å². The third kappa shape index (κ3) is 2.70. The number of fused-ring (bicyclic) bond motifs is 2. The number of nitrogens with zero attached hydrogens (tertiary/aromatic N) is 2. The Kier molecular flexibility index (Phi) is 4.12. The van der Waals surface area contributed by atoms with Crippen molar-refractivity contribution < 1.29 is 19.0 Å². The highest BCUT2D eigenvalue weighted by Crippen LogP contribution is 2.42. The number of pyridine rings is 1. The summed E-state index contributed by atoms with van der Waals surface area (Å²) in [4.78, 5) is 26.0. The molecule has 3 fully saturated rings. The molecule has 9 heteroatoms. The van der Waals surface area contributed by atoms with Crippen LogP contribution in [0.3, 0.4) is 0 Å². The van der Waals surface area contributed by atoms with E-state index >= 15 is 4.39 Å². The van der Waals surface area contributed by atoms with E-state index in [2.05, 4.69) is 5.32 Å². The maximum atomic E-state index is 15.1. The van der Waals surface area contributed by atoms with Crippen molar-refractivity contribution in [2.75, 3.05) is 31.1 Å². The highest BCUT2D eigenvalue weighted by molar-refractivity contribution is 6.38. The first-order valence-corrected chi connectivity index (χ1v) is 9.73. The Bertz CT molecular complexity index is 1040. The Labute approximate surface area is 164 Å². The van der Waals surface area contributed by atoms with E-state index in [1.54, 1.807) is 4.57 Å². The summed E-state index contributed by atoms with van der Waals surface area (Å²) < 4.78 is 22.6. The number of halogens is 2. The van der Waals surface area contributed by atoms with Crippen LogP contribution in [0.1, 0.15) is 29.2 Å². The van der Waals surface area contributed by atoms with Crippen molar-refractivity contribution >= 4 is 34.2 Å². The summed E-state index contributed by atoms with van der Waals surface area (Å²) in [5.74, 6) is -1.95. The van der Waals surface area contributed by atoms with Crippen molar-refractivity contribution in [3.05, 3.63) is 38.9 Å². The Morgan fingerprint density at radius 1 is 1.36 bits per heavy atom. The number of carbonyl (C=O) groups is 1. The van der Waals surface area contributed by atoms with Gasteiger partial charge in [-0.2, -0.15) is 0 Å². The number of rotatable bonds is 3. The zero-order valence-corrected chi connectivity index (χ0v) is 15.7. The van der Waals surface area contributed by atoms with Gasteiger partial charge in [0.15, 0.2) is 0 Å². The average molecular weight is 408 g/mol. The third-order valence-corrected chi connectivity index (χ3v) is 6.14. The van der Waals surface area contributed by atoms with Gasteiger partial charge in [0.2, 0.25) is 5.43 Å². The summed E-state index contributed by atoms with van der Waals surface area (Å²) in [7, 11) is 0. The molecule has 0 amide bonds. The largest absolute Gasteiger partial charge is 0.477 e. The molecule has 148 valence electrons. The SMILES string of the molecule is O=C(O)c1cn(C2CC2)c2c(Cl)c(N3C[C@@H]4NCCO[C@H]4C3)c(F)cc2c1=O. The van der Waals surface area contributed by atoms with Crippen molar-refractivity contribution in [2.45, 2.75) is 31.0 Å². The van der Waals surface area contributed by atoms with Gasteiger partial charge in [-0.3, -0.25) is 4.79 Å². The first-order chi connectivity index (χ1) is 13.5. The number of carboxylic acids is 1. The molecule has 5 rings (SSSR count). The van der Waals surface area contributed by atoms with Crippen LogP contribution in [0, 0.1) is 5.82 Å². The lowest BCUT2D eigenvalue weighted by Gasteiger charge is -2.25. The fraction of sp³-hybridized carbons (Fsp3) is 0.474. The topological polar surface area (TPSA) is 83.8 Å². The number of hydrogen-bond acceptors (Lipinski definition) is 5. The quantitative estimate of drug-likeness (QED) is 0.809. The summed E-state index contributed by atoms with van der Waals surface area (Å²) in [6.45, 7) is 2.42. The zero-order chi connectivity index (χ0) is 19.6. The van der Waals surface area contributed by atoms with Gasteiger partial charge in [0.05, 0.1) is 40.4 Å². The van der Waals surface area contributed by atoms with Crippen molar-refractivity contribution in [1.82, 2.24) is 9.88 Å². The second kappa shape index (κ2) is 6.43. The van der Waals surface area contributed by atoms with Crippen LogP contribution in [0.15, 0.2) is 17.1 Å². The summed E-state index contributed by atoms with van der Waals surface area (Å²) in [6.07, 6.45) is 3.03. The molecular weight excluding hydrogens is 389 g/mol. The number of anilines is 1. The molecule has 7 nitrogen and oxygen atoms in total. The van der Waals surface area contributed by atoms with E-state index < -0.39 is 17.2 Å². The molecule has 3 aliphatic rings.